The van der Waals surface area contributed by atoms with Crippen LogP contribution in [-0.2, 0) is 10.0 Å². The molecule has 0 bridgehead atoms. The molecule has 0 spiro atoms. The van der Waals surface area contributed by atoms with Crippen LogP contribution in [0, 0.1) is 0 Å². The second-order valence-corrected chi connectivity index (χ2v) is 12.9. The van der Waals surface area contributed by atoms with Crippen LogP contribution in [0.25, 0.3) is 10.8 Å². The minimum atomic E-state index is -3.87. The molecule has 6 aromatic carbocycles. The van der Waals surface area contributed by atoms with Crippen molar-refractivity contribution < 1.29 is 28.1 Å². The predicted octanol–water partition coefficient (Wildman–Crippen LogP) is 9.93. The first-order valence-electron chi connectivity index (χ1n) is 15.0. The summed E-state index contributed by atoms with van der Waals surface area (Å²) in [5, 5.41) is 42.4. The highest BCUT2D eigenvalue weighted by molar-refractivity contribution is 7.92. The molecule has 252 valence electrons. The van der Waals surface area contributed by atoms with Crippen molar-refractivity contribution >= 4 is 73.2 Å². The number of nitrogens with one attached hydrogen (secondary N) is 2. The Bertz CT molecular complexity index is 2340. The summed E-state index contributed by atoms with van der Waals surface area (Å²) in [5.41, 5.74) is 3.27. The molecule has 6 aromatic rings. The highest BCUT2D eigenvalue weighted by atomic mass is 32.2. The minimum Gasteiger partial charge on any atom is -0.508 e. The molecular weight excluding hydrogens is 677 g/mol. The topological polar surface area (TPSA) is 167 Å². The fourth-order valence-corrected chi connectivity index (χ4v) is 6.25. The normalized spacial score (nSPS) is 11.7. The Hall–Kier alpha value is -6.12. The summed E-state index contributed by atoms with van der Waals surface area (Å²) in [5.74, 6) is 0.570. The maximum Gasteiger partial charge on any atom is 0.261 e. The number of sulfonamides is 1. The van der Waals surface area contributed by atoms with Gasteiger partial charge in [0.15, 0.2) is 5.75 Å². The summed E-state index contributed by atoms with van der Waals surface area (Å²) in [6, 6.07) is 31.8. The number of hydrogen-bond acceptors (Lipinski definition) is 12. The van der Waals surface area contributed by atoms with E-state index >= 15 is 0 Å². The average Bonchev–Trinajstić information content (AvgIpc) is 3.12. The Kier molecular flexibility index (Phi) is 9.83. The number of azo groups is 2. The Balaban J connectivity index is 1.21. The zero-order valence-electron chi connectivity index (χ0n) is 26.6. The molecule has 0 aliphatic rings. The summed E-state index contributed by atoms with van der Waals surface area (Å²) in [6.07, 6.45) is 0. The van der Waals surface area contributed by atoms with Crippen molar-refractivity contribution in [3.8, 4) is 23.0 Å². The molecule has 14 heteroatoms. The zero-order valence-corrected chi connectivity index (χ0v) is 28.4. The van der Waals surface area contributed by atoms with Gasteiger partial charge in [-0.25, -0.2) is 8.42 Å². The van der Waals surface area contributed by atoms with Gasteiger partial charge in [-0.15, -0.1) is 28.0 Å². The molecule has 0 unspecified atom stereocenters. The van der Waals surface area contributed by atoms with E-state index in [0.29, 0.717) is 44.5 Å². The molecular formula is C36H30N6O6S2. The molecule has 0 amide bonds. The van der Waals surface area contributed by atoms with Crippen LogP contribution < -0.4 is 19.5 Å². The molecule has 0 aliphatic heterocycles. The van der Waals surface area contributed by atoms with E-state index in [2.05, 4.69) is 43.1 Å². The number of fused-ring (bicyclic) bond motifs is 1. The number of ether oxygens (including phenoxy) is 2. The van der Waals surface area contributed by atoms with Gasteiger partial charge in [-0.1, -0.05) is 18.2 Å². The number of hydrogen-bond donors (Lipinski definition) is 5. The van der Waals surface area contributed by atoms with Crippen molar-refractivity contribution in [1.29, 1.82) is 0 Å². The summed E-state index contributed by atoms with van der Waals surface area (Å²) in [4.78, 5) is 0.437. The third kappa shape index (κ3) is 7.61. The van der Waals surface area contributed by atoms with Crippen LogP contribution in [0.4, 0.5) is 39.8 Å². The smallest absolute Gasteiger partial charge is 0.261 e. The van der Waals surface area contributed by atoms with E-state index in [9.17, 15) is 18.6 Å². The number of phenols is 2. The zero-order chi connectivity index (χ0) is 35.3. The van der Waals surface area contributed by atoms with Gasteiger partial charge in [0.1, 0.15) is 34.3 Å². The molecule has 0 saturated carbocycles. The molecule has 0 atom stereocenters. The number of thiol groups is 1. The van der Waals surface area contributed by atoms with Crippen molar-refractivity contribution in [3.63, 3.8) is 0 Å². The molecule has 0 fully saturated rings. The molecule has 50 heavy (non-hydrogen) atoms. The van der Waals surface area contributed by atoms with E-state index in [0.717, 1.165) is 16.8 Å². The summed E-state index contributed by atoms with van der Waals surface area (Å²) >= 11 is 4.57. The number of rotatable bonds is 11. The molecule has 0 heterocycles. The highest BCUT2D eigenvalue weighted by Crippen LogP contribution is 2.44. The lowest BCUT2D eigenvalue weighted by Crippen LogP contribution is -2.12. The van der Waals surface area contributed by atoms with Crippen molar-refractivity contribution in [2.45, 2.75) is 9.79 Å². The van der Waals surface area contributed by atoms with Crippen LogP contribution >= 0.6 is 12.6 Å². The van der Waals surface area contributed by atoms with Crippen LogP contribution in [0.5, 0.6) is 23.0 Å². The van der Waals surface area contributed by atoms with Gasteiger partial charge in [0.05, 0.1) is 24.8 Å². The SMILES string of the molecule is COc1cc(/N=N/c2c(S)cc3cc(Nc4ccccc4)ccc3c2O)c(OC)cc1/N=N/c1ccc(S(=O)(=O)Nc2ccc(O)cc2)cc1. The Morgan fingerprint density at radius 1 is 0.660 bits per heavy atom. The van der Waals surface area contributed by atoms with E-state index in [1.54, 1.807) is 24.3 Å². The molecule has 0 radical (unpaired) electrons. The standard InChI is InChI=1S/C36H30N6O6S2/c1-47-32-21-31(40-41-35-34(49)19-22-18-26(12-17-29(22)36(35)44)37-23-6-4-3-5-7-23)33(48-2)20-30(32)39-38-24-10-15-28(16-11-24)50(45,46)42-25-8-13-27(43)14-9-25/h3-21,37,42-44,49H,1-2H3/b39-38+,41-40+. The summed E-state index contributed by atoms with van der Waals surface area (Å²) in [6.45, 7) is 0. The van der Waals surface area contributed by atoms with E-state index < -0.39 is 10.0 Å². The van der Waals surface area contributed by atoms with Crippen LogP contribution in [0.3, 0.4) is 0 Å². The first kappa shape index (κ1) is 33.8. The Morgan fingerprint density at radius 2 is 1.28 bits per heavy atom. The lowest BCUT2D eigenvalue weighted by molar-refractivity contribution is 0.405. The fourth-order valence-electron chi connectivity index (χ4n) is 4.90. The third-order valence-electron chi connectivity index (χ3n) is 7.41. The number of methoxy groups -OCH3 is 2. The Labute approximate surface area is 293 Å². The molecule has 0 aliphatic carbocycles. The first-order chi connectivity index (χ1) is 24.1. The molecule has 6 rings (SSSR count). The van der Waals surface area contributed by atoms with Gasteiger partial charge in [0, 0.05) is 39.5 Å². The lowest BCUT2D eigenvalue weighted by Gasteiger charge is -2.11. The molecule has 4 N–H and O–H groups in total. The van der Waals surface area contributed by atoms with Crippen LogP contribution in [0.15, 0.2) is 146 Å². The van der Waals surface area contributed by atoms with Crippen molar-refractivity contribution in [1.82, 2.24) is 0 Å². The Morgan fingerprint density at radius 3 is 1.92 bits per heavy atom. The molecule has 0 aromatic heterocycles. The number of benzene rings is 6. The van der Waals surface area contributed by atoms with Gasteiger partial charge >= 0.3 is 0 Å². The number of phenolic OH excluding ortho intramolecular Hbond substituents is 2. The van der Waals surface area contributed by atoms with E-state index in [1.165, 1.54) is 62.8 Å². The second kappa shape index (κ2) is 14.6. The van der Waals surface area contributed by atoms with Crippen LogP contribution in [-0.4, -0.2) is 32.9 Å². The first-order valence-corrected chi connectivity index (χ1v) is 16.9. The van der Waals surface area contributed by atoms with Crippen molar-refractivity contribution in [2.75, 3.05) is 24.3 Å². The van der Waals surface area contributed by atoms with Gasteiger partial charge in [0.2, 0.25) is 0 Å². The number of aromatic hydroxyl groups is 2. The quantitative estimate of drug-likeness (QED) is 0.0508. The van der Waals surface area contributed by atoms with E-state index in [-0.39, 0.29) is 22.1 Å². The van der Waals surface area contributed by atoms with Gasteiger partial charge in [-0.05, 0) is 90.3 Å². The third-order valence-corrected chi connectivity index (χ3v) is 9.14. The molecule has 0 saturated heterocycles. The van der Waals surface area contributed by atoms with Crippen molar-refractivity contribution in [2.24, 2.45) is 20.5 Å². The van der Waals surface area contributed by atoms with Gasteiger partial charge in [-0.2, -0.15) is 5.11 Å². The maximum absolute atomic E-state index is 12.8. The maximum atomic E-state index is 12.8. The van der Waals surface area contributed by atoms with Crippen LogP contribution in [0.2, 0.25) is 0 Å². The fraction of sp³-hybridized carbons (Fsp3) is 0.0556. The van der Waals surface area contributed by atoms with Crippen LogP contribution in [0.1, 0.15) is 0 Å². The monoisotopic (exact) mass is 706 g/mol. The van der Waals surface area contributed by atoms with Gasteiger partial charge in [0.25, 0.3) is 10.0 Å². The minimum absolute atomic E-state index is 0.0186. The lowest BCUT2D eigenvalue weighted by atomic mass is 10.1. The number of nitrogens with zero attached hydrogens (tertiary/aromatic N) is 4. The van der Waals surface area contributed by atoms with E-state index in [4.69, 9.17) is 9.47 Å². The van der Waals surface area contributed by atoms with Crippen molar-refractivity contribution in [3.05, 3.63) is 115 Å². The van der Waals surface area contributed by atoms with Gasteiger partial charge in [-0.3, -0.25) is 4.72 Å². The molecule has 12 nitrogen and oxygen atoms in total. The predicted molar refractivity (Wildman–Crippen MR) is 196 cm³/mol. The summed E-state index contributed by atoms with van der Waals surface area (Å²) < 4.78 is 39.1. The van der Waals surface area contributed by atoms with Gasteiger partial charge < -0.3 is 25.0 Å². The number of para-hydroxylation sites is 1. The average molecular weight is 707 g/mol. The van der Waals surface area contributed by atoms with E-state index in [1.807, 2.05) is 42.5 Å². The number of anilines is 3. The highest BCUT2D eigenvalue weighted by Gasteiger charge is 2.16. The largest absolute Gasteiger partial charge is 0.508 e. The second-order valence-electron chi connectivity index (χ2n) is 10.8. The summed E-state index contributed by atoms with van der Waals surface area (Å²) in [7, 11) is -0.945.